The molecule has 7 nitrogen and oxygen atoms in total. The SMILES string of the molecule is O=C1CCC(N2C(=O)c3cccc(-c4ccccc4CCNCCc4ccccc4)c3C2=O)C(=O)N1. The van der Waals surface area contributed by atoms with Crippen LogP contribution in [-0.2, 0) is 22.4 Å². The fourth-order valence-electron chi connectivity index (χ4n) is 4.97. The lowest BCUT2D eigenvalue weighted by atomic mass is 9.92. The van der Waals surface area contributed by atoms with E-state index in [0.717, 1.165) is 42.0 Å². The minimum absolute atomic E-state index is 0.0940. The first-order chi connectivity index (χ1) is 17.5. The Bertz CT molecular complexity index is 1340. The van der Waals surface area contributed by atoms with Crippen LogP contribution in [0.4, 0.5) is 0 Å². The smallest absolute Gasteiger partial charge is 0.262 e. The highest BCUT2D eigenvalue weighted by atomic mass is 16.2. The van der Waals surface area contributed by atoms with Crippen molar-refractivity contribution in [1.29, 1.82) is 0 Å². The molecular weight excluding hydrogens is 454 g/mol. The number of fused-ring (bicyclic) bond motifs is 1. The van der Waals surface area contributed by atoms with Crippen molar-refractivity contribution in [1.82, 2.24) is 15.5 Å². The number of rotatable bonds is 8. The number of hydrogen-bond donors (Lipinski definition) is 2. The van der Waals surface area contributed by atoms with Gasteiger partial charge < -0.3 is 5.32 Å². The molecule has 0 spiro atoms. The fraction of sp³-hybridized carbons (Fsp3) is 0.241. The number of hydrogen-bond acceptors (Lipinski definition) is 5. The molecule has 1 saturated heterocycles. The van der Waals surface area contributed by atoms with Gasteiger partial charge in [-0.3, -0.25) is 29.4 Å². The third-order valence-corrected chi connectivity index (χ3v) is 6.78. The van der Waals surface area contributed by atoms with E-state index in [2.05, 4.69) is 22.8 Å². The summed E-state index contributed by atoms with van der Waals surface area (Å²) in [5.74, 6) is -1.98. The Morgan fingerprint density at radius 3 is 2.25 bits per heavy atom. The van der Waals surface area contributed by atoms with Crippen molar-refractivity contribution in [3.63, 3.8) is 0 Å². The summed E-state index contributed by atoms with van der Waals surface area (Å²) in [6.07, 6.45) is 1.93. The maximum Gasteiger partial charge on any atom is 0.262 e. The largest absolute Gasteiger partial charge is 0.316 e. The molecule has 2 aliphatic rings. The monoisotopic (exact) mass is 481 g/mol. The Hall–Kier alpha value is -4.10. The second-order valence-electron chi connectivity index (χ2n) is 9.07. The number of benzene rings is 3. The Kier molecular flexibility index (Phi) is 6.73. The second-order valence-corrected chi connectivity index (χ2v) is 9.07. The predicted octanol–water partition coefficient (Wildman–Crippen LogP) is 3.13. The predicted molar refractivity (Wildman–Crippen MR) is 135 cm³/mol. The summed E-state index contributed by atoms with van der Waals surface area (Å²) in [5.41, 5.74) is 4.53. The zero-order valence-corrected chi connectivity index (χ0v) is 19.8. The van der Waals surface area contributed by atoms with Crippen LogP contribution in [0.25, 0.3) is 11.1 Å². The van der Waals surface area contributed by atoms with Gasteiger partial charge in [-0.2, -0.15) is 0 Å². The fourth-order valence-corrected chi connectivity index (χ4v) is 4.97. The molecule has 1 unspecified atom stereocenters. The molecule has 4 amide bonds. The van der Waals surface area contributed by atoms with Crippen LogP contribution >= 0.6 is 0 Å². The van der Waals surface area contributed by atoms with Gasteiger partial charge in [-0.1, -0.05) is 66.7 Å². The number of carbonyl (C=O) groups excluding carboxylic acids is 4. The zero-order valence-electron chi connectivity index (χ0n) is 19.8. The summed E-state index contributed by atoms with van der Waals surface area (Å²) in [6.45, 7) is 1.63. The van der Waals surface area contributed by atoms with E-state index in [4.69, 9.17) is 0 Å². The van der Waals surface area contributed by atoms with E-state index in [9.17, 15) is 19.2 Å². The van der Waals surface area contributed by atoms with E-state index in [1.54, 1.807) is 12.1 Å². The van der Waals surface area contributed by atoms with Gasteiger partial charge in [0.1, 0.15) is 6.04 Å². The highest BCUT2D eigenvalue weighted by Gasteiger charge is 2.45. The van der Waals surface area contributed by atoms with Crippen LogP contribution in [0.3, 0.4) is 0 Å². The molecule has 0 aliphatic carbocycles. The minimum Gasteiger partial charge on any atom is -0.316 e. The Morgan fingerprint density at radius 1 is 0.750 bits per heavy atom. The van der Waals surface area contributed by atoms with E-state index in [0.29, 0.717) is 11.1 Å². The number of imide groups is 2. The van der Waals surface area contributed by atoms with Crippen LogP contribution in [-0.4, -0.2) is 47.7 Å². The van der Waals surface area contributed by atoms with Crippen LogP contribution < -0.4 is 10.6 Å². The summed E-state index contributed by atoms with van der Waals surface area (Å²) in [5, 5.41) is 5.73. The zero-order chi connectivity index (χ0) is 25.1. The topological polar surface area (TPSA) is 95.6 Å². The van der Waals surface area contributed by atoms with Crippen LogP contribution in [0.2, 0.25) is 0 Å². The lowest BCUT2D eigenvalue weighted by molar-refractivity contribution is -0.136. The van der Waals surface area contributed by atoms with Crippen molar-refractivity contribution >= 4 is 23.6 Å². The first kappa shape index (κ1) is 23.6. The van der Waals surface area contributed by atoms with Gasteiger partial charge >= 0.3 is 0 Å². The molecular formula is C29H27N3O4. The molecule has 2 aliphatic heterocycles. The Morgan fingerprint density at radius 2 is 1.44 bits per heavy atom. The van der Waals surface area contributed by atoms with Gasteiger partial charge in [-0.15, -0.1) is 0 Å². The van der Waals surface area contributed by atoms with Crippen molar-refractivity contribution in [3.05, 3.63) is 95.1 Å². The van der Waals surface area contributed by atoms with Crippen molar-refractivity contribution in [2.24, 2.45) is 0 Å². The van der Waals surface area contributed by atoms with Gasteiger partial charge in [-0.05, 0) is 60.7 Å². The van der Waals surface area contributed by atoms with E-state index in [1.165, 1.54) is 5.56 Å². The van der Waals surface area contributed by atoms with Crippen LogP contribution in [0.5, 0.6) is 0 Å². The molecule has 3 aromatic rings. The Balaban J connectivity index is 1.35. The highest BCUT2D eigenvalue weighted by Crippen LogP contribution is 2.36. The first-order valence-corrected chi connectivity index (χ1v) is 12.2. The third kappa shape index (κ3) is 4.57. The average molecular weight is 482 g/mol. The molecule has 2 heterocycles. The average Bonchev–Trinajstić information content (AvgIpc) is 3.15. The molecule has 0 bridgehead atoms. The second kappa shape index (κ2) is 10.3. The van der Waals surface area contributed by atoms with Crippen molar-refractivity contribution in [2.75, 3.05) is 13.1 Å². The maximum atomic E-state index is 13.5. The molecule has 182 valence electrons. The Labute approximate surface area is 209 Å². The summed E-state index contributed by atoms with van der Waals surface area (Å²) in [7, 11) is 0. The molecule has 36 heavy (non-hydrogen) atoms. The lowest BCUT2D eigenvalue weighted by Gasteiger charge is -2.27. The highest BCUT2D eigenvalue weighted by molar-refractivity contribution is 6.25. The molecule has 1 fully saturated rings. The maximum absolute atomic E-state index is 13.5. The number of amides is 4. The van der Waals surface area contributed by atoms with Crippen molar-refractivity contribution in [3.8, 4) is 11.1 Å². The molecule has 5 rings (SSSR count). The van der Waals surface area contributed by atoms with Gasteiger partial charge in [0, 0.05) is 6.42 Å². The molecule has 2 N–H and O–H groups in total. The van der Waals surface area contributed by atoms with E-state index < -0.39 is 23.8 Å². The van der Waals surface area contributed by atoms with Crippen molar-refractivity contribution < 1.29 is 19.2 Å². The van der Waals surface area contributed by atoms with Gasteiger partial charge in [-0.25, -0.2) is 0 Å². The van der Waals surface area contributed by atoms with Crippen LogP contribution in [0, 0.1) is 0 Å². The molecule has 0 saturated carbocycles. The third-order valence-electron chi connectivity index (χ3n) is 6.78. The molecule has 1 atom stereocenters. The van der Waals surface area contributed by atoms with Gasteiger partial charge in [0.15, 0.2) is 0 Å². The summed E-state index contributed by atoms with van der Waals surface area (Å²) in [4.78, 5) is 51.7. The van der Waals surface area contributed by atoms with Crippen LogP contribution in [0.15, 0.2) is 72.8 Å². The molecule has 3 aromatic carbocycles. The minimum atomic E-state index is -0.980. The standard InChI is InChI=1S/C29H27N3O4/c33-25-14-13-24(27(34)31-25)32-28(35)23-12-6-11-22(26(23)29(32)36)21-10-5-4-9-20(21)16-18-30-17-15-19-7-2-1-3-8-19/h1-12,24,30H,13-18H2,(H,31,33,34). The summed E-state index contributed by atoms with van der Waals surface area (Å²) < 4.78 is 0. The van der Waals surface area contributed by atoms with Crippen LogP contribution in [0.1, 0.15) is 44.7 Å². The summed E-state index contributed by atoms with van der Waals surface area (Å²) in [6, 6.07) is 22.5. The van der Waals surface area contributed by atoms with E-state index >= 15 is 0 Å². The number of nitrogens with one attached hydrogen (secondary N) is 2. The van der Waals surface area contributed by atoms with Gasteiger partial charge in [0.05, 0.1) is 11.1 Å². The van der Waals surface area contributed by atoms with Crippen molar-refractivity contribution in [2.45, 2.75) is 31.7 Å². The lowest BCUT2D eigenvalue weighted by Crippen LogP contribution is -2.54. The van der Waals surface area contributed by atoms with E-state index in [-0.39, 0.29) is 24.3 Å². The molecule has 0 radical (unpaired) electrons. The van der Waals surface area contributed by atoms with E-state index in [1.807, 2.05) is 48.5 Å². The number of piperidine rings is 1. The van der Waals surface area contributed by atoms with Gasteiger partial charge in [0.2, 0.25) is 11.8 Å². The summed E-state index contributed by atoms with van der Waals surface area (Å²) >= 11 is 0. The quantitative estimate of drug-likeness (QED) is 0.381. The first-order valence-electron chi connectivity index (χ1n) is 12.2. The number of nitrogens with zero attached hydrogens (tertiary/aromatic N) is 1. The molecule has 7 heteroatoms. The van der Waals surface area contributed by atoms with Gasteiger partial charge in [0.25, 0.3) is 11.8 Å². The number of carbonyl (C=O) groups is 4. The normalized spacial score (nSPS) is 17.3. The molecule has 0 aromatic heterocycles.